The Morgan fingerprint density at radius 1 is 1.26 bits per heavy atom. The number of carboxylic acids is 1. The van der Waals surface area contributed by atoms with Crippen molar-refractivity contribution >= 4 is 5.97 Å². The first-order valence-corrected chi connectivity index (χ1v) is 10.2. The van der Waals surface area contributed by atoms with Crippen LogP contribution >= 0.6 is 0 Å². The highest BCUT2D eigenvalue weighted by atomic mass is 16.5. The summed E-state index contributed by atoms with van der Waals surface area (Å²) in [5, 5.41) is 28.0. The van der Waals surface area contributed by atoms with Crippen LogP contribution in [0.2, 0.25) is 0 Å². The van der Waals surface area contributed by atoms with E-state index in [0.29, 0.717) is 18.4 Å². The number of aliphatic hydroxyl groups excluding tert-OH is 2. The smallest absolute Gasteiger partial charge is 0.329 e. The monoisotopic (exact) mass is 378 g/mol. The van der Waals surface area contributed by atoms with Crippen LogP contribution in [0.3, 0.4) is 0 Å². The zero-order chi connectivity index (χ0) is 19.6. The minimum Gasteiger partial charge on any atom is -0.480 e. The second-order valence-electron chi connectivity index (χ2n) is 7.66. The standard InChI is InChI=1S/C22H34O5/c1-2-16(14-27-15-22(25)26)17-11-18-13-21(24)19(20(18)12-17)9-7-5-3-4-6-8-10-23/h2,7,9,11,18-21,23-24H,3-6,8,10,12-15H2,1H3,(H,25,26)/t18?,19-,20?,21-/m0/s1. The summed E-state index contributed by atoms with van der Waals surface area (Å²) < 4.78 is 5.26. The topological polar surface area (TPSA) is 87.0 Å². The highest BCUT2D eigenvalue weighted by Gasteiger charge is 2.43. The maximum absolute atomic E-state index is 10.6. The molecule has 2 unspecified atom stereocenters. The summed E-state index contributed by atoms with van der Waals surface area (Å²) in [6.07, 6.45) is 15.4. The number of carboxylic acid groups (broad SMARTS) is 1. The molecule has 0 amide bonds. The summed E-state index contributed by atoms with van der Waals surface area (Å²) in [6, 6.07) is 0. The van der Waals surface area contributed by atoms with E-state index in [2.05, 4.69) is 18.2 Å². The Morgan fingerprint density at radius 3 is 2.74 bits per heavy atom. The van der Waals surface area contributed by atoms with Gasteiger partial charge in [0.25, 0.3) is 0 Å². The molecule has 2 aliphatic rings. The molecule has 2 aliphatic carbocycles. The second-order valence-corrected chi connectivity index (χ2v) is 7.66. The van der Waals surface area contributed by atoms with Gasteiger partial charge in [0.05, 0.1) is 12.7 Å². The van der Waals surface area contributed by atoms with E-state index >= 15 is 0 Å². The van der Waals surface area contributed by atoms with Gasteiger partial charge in [-0.15, -0.1) is 0 Å². The number of hydrogen-bond acceptors (Lipinski definition) is 4. The van der Waals surface area contributed by atoms with Crippen molar-refractivity contribution < 1.29 is 24.9 Å². The SMILES string of the molecule is CC=C(COCC(=O)O)C1=CC2C[C@H](O)[C@@H](C=CCCCCCCO)C2C1. The van der Waals surface area contributed by atoms with Gasteiger partial charge in [-0.05, 0) is 62.0 Å². The molecule has 0 aromatic rings. The Kier molecular flexibility index (Phi) is 9.25. The number of allylic oxidation sites excluding steroid dienone is 3. The van der Waals surface area contributed by atoms with Gasteiger partial charge in [0.1, 0.15) is 6.61 Å². The number of carbonyl (C=O) groups is 1. The van der Waals surface area contributed by atoms with Crippen molar-refractivity contribution in [1.29, 1.82) is 0 Å². The van der Waals surface area contributed by atoms with Crippen molar-refractivity contribution in [2.45, 2.75) is 58.0 Å². The average molecular weight is 379 g/mol. The van der Waals surface area contributed by atoms with Gasteiger partial charge < -0.3 is 20.1 Å². The number of hydrogen-bond donors (Lipinski definition) is 3. The number of fused-ring (bicyclic) bond motifs is 1. The van der Waals surface area contributed by atoms with Gasteiger partial charge in [-0.1, -0.05) is 37.1 Å². The molecule has 2 rings (SSSR count). The number of rotatable bonds is 12. The fourth-order valence-electron chi connectivity index (χ4n) is 4.34. The molecule has 27 heavy (non-hydrogen) atoms. The molecule has 0 aromatic heterocycles. The molecule has 1 fully saturated rings. The van der Waals surface area contributed by atoms with E-state index in [1.807, 2.05) is 13.0 Å². The number of aliphatic hydroxyl groups is 2. The van der Waals surface area contributed by atoms with Crippen LogP contribution in [0.1, 0.15) is 51.9 Å². The molecule has 1 saturated carbocycles. The van der Waals surface area contributed by atoms with E-state index in [9.17, 15) is 9.90 Å². The molecule has 5 heteroatoms. The molecule has 152 valence electrons. The first-order valence-electron chi connectivity index (χ1n) is 10.2. The lowest BCUT2D eigenvalue weighted by Crippen LogP contribution is -2.17. The Hall–Kier alpha value is -1.43. The van der Waals surface area contributed by atoms with Crippen LogP contribution < -0.4 is 0 Å². The zero-order valence-electron chi connectivity index (χ0n) is 16.3. The van der Waals surface area contributed by atoms with E-state index in [-0.39, 0.29) is 25.2 Å². The predicted octanol–water partition coefficient (Wildman–Crippen LogP) is 3.48. The van der Waals surface area contributed by atoms with Gasteiger partial charge in [-0.2, -0.15) is 0 Å². The van der Waals surface area contributed by atoms with Crippen molar-refractivity contribution in [3.8, 4) is 0 Å². The summed E-state index contributed by atoms with van der Waals surface area (Å²) in [5.41, 5.74) is 2.30. The second kappa shape index (κ2) is 11.4. The van der Waals surface area contributed by atoms with E-state index in [1.165, 1.54) is 5.57 Å². The van der Waals surface area contributed by atoms with Crippen molar-refractivity contribution in [3.05, 3.63) is 35.5 Å². The van der Waals surface area contributed by atoms with E-state index < -0.39 is 5.97 Å². The number of ether oxygens (including phenoxy) is 1. The average Bonchev–Trinajstić information content (AvgIpc) is 3.15. The van der Waals surface area contributed by atoms with Gasteiger partial charge in [0.2, 0.25) is 0 Å². The predicted molar refractivity (Wildman–Crippen MR) is 105 cm³/mol. The quantitative estimate of drug-likeness (QED) is 0.357. The fraction of sp³-hybridized carbons (Fsp3) is 0.682. The van der Waals surface area contributed by atoms with Crippen LogP contribution in [0.15, 0.2) is 35.5 Å². The molecule has 3 N–H and O–H groups in total. The summed E-state index contributed by atoms with van der Waals surface area (Å²) >= 11 is 0. The summed E-state index contributed by atoms with van der Waals surface area (Å²) in [4.78, 5) is 10.6. The third-order valence-corrected chi connectivity index (χ3v) is 5.75. The first kappa shape index (κ1) is 21.9. The van der Waals surface area contributed by atoms with Crippen molar-refractivity contribution in [3.63, 3.8) is 0 Å². The molecule has 0 radical (unpaired) electrons. The third kappa shape index (κ3) is 6.59. The minimum absolute atomic E-state index is 0.194. The van der Waals surface area contributed by atoms with E-state index in [0.717, 1.165) is 50.5 Å². The Labute approximate surface area is 162 Å². The van der Waals surface area contributed by atoms with Crippen LogP contribution in [0.5, 0.6) is 0 Å². The molecular formula is C22H34O5. The van der Waals surface area contributed by atoms with Crippen LogP contribution in [0.4, 0.5) is 0 Å². The van der Waals surface area contributed by atoms with Crippen molar-refractivity contribution in [2.24, 2.45) is 17.8 Å². The highest BCUT2D eigenvalue weighted by molar-refractivity contribution is 5.68. The summed E-state index contributed by atoms with van der Waals surface area (Å²) in [7, 11) is 0. The maximum atomic E-state index is 10.6. The van der Waals surface area contributed by atoms with Gasteiger partial charge in [0, 0.05) is 12.5 Å². The normalized spacial score (nSPS) is 28.0. The molecule has 0 spiro atoms. The molecule has 4 atom stereocenters. The minimum atomic E-state index is -0.951. The van der Waals surface area contributed by atoms with Gasteiger partial charge in [-0.25, -0.2) is 4.79 Å². The molecule has 0 aliphatic heterocycles. The maximum Gasteiger partial charge on any atom is 0.329 e. The fourth-order valence-corrected chi connectivity index (χ4v) is 4.34. The van der Waals surface area contributed by atoms with Gasteiger partial charge in [0.15, 0.2) is 0 Å². The lowest BCUT2D eigenvalue weighted by atomic mass is 9.88. The molecular weight excluding hydrogens is 344 g/mol. The molecule has 0 aromatic carbocycles. The molecule has 0 saturated heterocycles. The lowest BCUT2D eigenvalue weighted by Gasteiger charge is -2.19. The molecule has 0 heterocycles. The molecule has 5 nitrogen and oxygen atoms in total. The van der Waals surface area contributed by atoms with Crippen LogP contribution in [0.25, 0.3) is 0 Å². The van der Waals surface area contributed by atoms with Gasteiger partial charge in [-0.3, -0.25) is 0 Å². The lowest BCUT2D eigenvalue weighted by molar-refractivity contribution is -0.141. The molecule has 0 bridgehead atoms. The zero-order valence-corrected chi connectivity index (χ0v) is 16.3. The Morgan fingerprint density at radius 2 is 2.04 bits per heavy atom. The van der Waals surface area contributed by atoms with Crippen LogP contribution in [-0.4, -0.2) is 47.2 Å². The largest absolute Gasteiger partial charge is 0.480 e. The van der Waals surface area contributed by atoms with Crippen molar-refractivity contribution in [1.82, 2.24) is 0 Å². The Bertz CT molecular complexity index is 563. The van der Waals surface area contributed by atoms with Crippen molar-refractivity contribution in [2.75, 3.05) is 19.8 Å². The first-order chi connectivity index (χ1) is 13.1. The summed E-state index contributed by atoms with van der Waals surface area (Å²) in [5.74, 6) is 0.0605. The third-order valence-electron chi connectivity index (χ3n) is 5.75. The summed E-state index contributed by atoms with van der Waals surface area (Å²) in [6.45, 7) is 2.28. The van der Waals surface area contributed by atoms with Gasteiger partial charge >= 0.3 is 5.97 Å². The number of unbranched alkanes of at least 4 members (excludes halogenated alkanes) is 4. The highest BCUT2D eigenvalue weighted by Crippen LogP contribution is 2.48. The number of aliphatic carboxylic acids is 1. The van der Waals surface area contributed by atoms with E-state index in [1.54, 1.807) is 0 Å². The van der Waals surface area contributed by atoms with Crippen LogP contribution in [-0.2, 0) is 9.53 Å². The Balaban J connectivity index is 1.83. The van der Waals surface area contributed by atoms with Crippen LogP contribution in [0, 0.1) is 17.8 Å². The van der Waals surface area contributed by atoms with E-state index in [4.69, 9.17) is 14.9 Å².